The van der Waals surface area contributed by atoms with E-state index in [1.807, 2.05) is 17.6 Å². The number of hydrogen-bond acceptors (Lipinski definition) is 5. The van der Waals surface area contributed by atoms with E-state index >= 15 is 0 Å². The van der Waals surface area contributed by atoms with Crippen LogP contribution < -0.4 is 5.73 Å². The standard InChI is InChI=1S/C12H16N4O2.ClH/c1-6-4-8(11(18)10(6)17)16-5-15-9-7(16)2-3-14-12(9)13;/h2-3,5-6,8,10-11,17-18H,4H2,1H3,(H2,13,14);1H/t6-,8+,10+,11-;/m0./s1. The molecule has 0 spiro atoms. The van der Waals surface area contributed by atoms with Crippen molar-refractivity contribution in [1.29, 1.82) is 0 Å². The minimum Gasteiger partial charge on any atom is -0.390 e. The van der Waals surface area contributed by atoms with E-state index in [0.717, 1.165) is 11.9 Å². The fourth-order valence-corrected chi connectivity index (χ4v) is 2.75. The average Bonchev–Trinajstić information content (AvgIpc) is 2.88. The van der Waals surface area contributed by atoms with Gasteiger partial charge < -0.3 is 20.5 Å². The molecule has 6 nitrogen and oxygen atoms in total. The van der Waals surface area contributed by atoms with Gasteiger partial charge in [0.1, 0.15) is 11.6 Å². The molecule has 1 fully saturated rings. The quantitative estimate of drug-likeness (QED) is 0.717. The van der Waals surface area contributed by atoms with Crippen molar-refractivity contribution in [2.45, 2.75) is 31.6 Å². The Labute approximate surface area is 116 Å². The predicted octanol–water partition coefficient (Wildman–Crippen LogP) is 0.738. The van der Waals surface area contributed by atoms with E-state index < -0.39 is 12.2 Å². The van der Waals surface area contributed by atoms with Crippen molar-refractivity contribution in [1.82, 2.24) is 14.5 Å². The first-order valence-corrected chi connectivity index (χ1v) is 6.02. The summed E-state index contributed by atoms with van der Waals surface area (Å²) in [5.74, 6) is 0.453. The molecule has 104 valence electrons. The first-order chi connectivity index (χ1) is 8.59. The van der Waals surface area contributed by atoms with Crippen LogP contribution in [-0.2, 0) is 0 Å². The van der Waals surface area contributed by atoms with Crippen molar-refractivity contribution >= 4 is 29.3 Å². The molecule has 1 aliphatic rings. The Kier molecular flexibility index (Phi) is 3.66. The Morgan fingerprint density at radius 1 is 1.32 bits per heavy atom. The van der Waals surface area contributed by atoms with Crippen LogP contribution in [0.1, 0.15) is 19.4 Å². The van der Waals surface area contributed by atoms with Crippen molar-refractivity contribution in [3.8, 4) is 0 Å². The summed E-state index contributed by atoms with van der Waals surface area (Å²) < 4.78 is 1.88. The van der Waals surface area contributed by atoms with Gasteiger partial charge in [0.15, 0.2) is 5.82 Å². The van der Waals surface area contributed by atoms with Crippen LogP contribution in [0.4, 0.5) is 5.82 Å². The van der Waals surface area contributed by atoms with Gasteiger partial charge in [-0.3, -0.25) is 0 Å². The van der Waals surface area contributed by atoms with Crippen molar-refractivity contribution in [2.24, 2.45) is 5.92 Å². The molecule has 0 amide bonds. The van der Waals surface area contributed by atoms with Crippen LogP contribution in [0.15, 0.2) is 18.6 Å². The lowest BCUT2D eigenvalue weighted by atomic mass is 10.1. The zero-order valence-electron chi connectivity index (χ0n) is 10.5. The van der Waals surface area contributed by atoms with E-state index in [-0.39, 0.29) is 24.4 Å². The van der Waals surface area contributed by atoms with E-state index in [0.29, 0.717) is 11.3 Å². The summed E-state index contributed by atoms with van der Waals surface area (Å²) in [6, 6.07) is 1.66. The van der Waals surface area contributed by atoms with Gasteiger partial charge >= 0.3 is 0 Å². The van der Waals surface area contributed by atoms with Crippen molar-refractivity contribution in [2.75, 3.05) is 5.73 Å². The molecule has 0 bridgehead atoms. The third kappa shape index (κ3) is 2.05. The summed E-state index contributed by atoms with van der Waals surface area (Å²) in [6.45, 7) is 1.93. The Morgan fingerprint density at radius 2 is 2.05 bits per heavy atom. The topological polar surface area (TPSA) is 97.2 Å². The highest BCUT2D eigenvalue weighted by Gasteiger charge is 2.40. The number of nitrogen functional groups attached to an aromatic ring is 1. The largest absolute Gasteiger partial charge is 0.390 e. The molecule has 0 unspecified atom stereocenters. The minimum atomic E-state index is -0.771. The van der Waals surface area contributed by atoms with Crippen molar-refractivity contribution in [3.05, 3.63) is 18.6 Å². The molecular formula is C12H17ClN4O2. The third-order valence-electron chi connectivity index (χ3n) is 3.82. The Bertz CT molecular complexity index is 588. The number of fused-ring (bicyclic) bond motifs is 1. The number of rotatable bonds is 1. The molecule has 0 aromatic carbocycles. The molecule has 7 heteroatoms. The molecule has 2 aromatic heterocycles. The zero-order chi connectivity index (χ0) is 12.9. The lowest BCUT2D eigenvalue weighted by Crippen LogP contribution is -2.28. The molecule has 2 heterocycles. The summed E-state index contributed by atoms with van der Waals surface area (Å²) in [5, 5.41) is 19.9. The van der Waals surface area contributed by atoms with Gasteiger partial charge in [0.05, 0.1) is 24.0 Å². The number of aliphatic hydroxyl groups is 2. The van der Waals surface area contributed by atoms with Crippen LogP contribution in [0.25, 0.3) is 11.0 Å². The summed E-state index contributed by atoms with van der Waals surface area (Å²) in [6.07, 6.45) is 2.53. The maximum absolute atomic E-state index is 10.1. The van der Waals surface area contributed by atoms with E-state index in [1.54, 1.807) is 12.5 Å². The number of nitrogens with two attached hydrogens (primary N) is 1. The molecule has 0 saturated heterocycles. The van der Waals surface area contributed by atoms with Gasteiger partial charge in [0, 0.05) is 6.20 Å². The summed E-state index contributed by atoms with van der Waals surface area (Å²) in [4.78, 5) is 8.22. The van der Waals surface area contributed by atoms with E-state index in [4.69, 9.17) is 5.73 Å². The highest BCUT2D eigenvalue weighted by Crippen LogP contribution is 2.36. The maximum atomic E-state index is 10.1. The third-order valence-corrected chi connectivity index (χ3v) is 3.82. The fraction of sp³-hybridized carbons (Fsp3) is 0.500. The zero-order valence-corrected chi connectivity index (χ0v) is 11.3. The SMILES string of the molecule is C[C@H]1C[C@@H](n2cnc3c(N)nccc32)[C@H](O)[C@@H]1O.Cl. The van der Waals surface area contributed by atoms with Crippen LogP contribution in [-0.4, -0.2) is 37.0 Å². The number of aromatic nitrogens is 3. The number of imidazole rings is 1. The van der Waals surface area contributed by atoms with Gasteiger partial charge in [0.25, 0.3) is 0 Å². The highest BCUT2D eigenvalue weighted by atomic mass is 35.5. The number of aliphatic hydroxyl groups excluding tert-OH is 2. The van der Waals surface area contributed by atoms with Crippen LogP contribution in [0.2, 0.25) is 0 Å². The van der Waals surface area contributed by atoms with Crippen LogP contribution >= 0.6 is 12.4 Å². The van der Waals surface area contributed by atoms with Crippen LogP contribution in [0.5, 0.6) is 0 Å². The molecule has 0 radical (unpaired) electrons. The van der Waals surface area contributed by atoms with Gasteiger partial charge in [-0.15, -0.1) is 12.4 Å². The van der Waals surface area contributed by atoms with Crippen LogP contribution in [0.3, 0.4) is 0 Å². The summed E-state index contributed by atoms with van der Waals surface area (Å²) in [7, 11) is 0. The van der Waals surface area contributed by atoms with E-state index in [2.05, 4.69) is 9.97 Å². The molecule has 0 aliphatic heterocycles. The molecule has 4 atom stereocenters. The normalized spacial score (nSPS) is 30.5. The summed E-state index contributed by atoms with van der Waals surface area (Å²) in [5.41, 5.74) is 7.24. The average molecular weight is 285 g/mol. The second kappa shape index (κ2) is 4.96. The molecule has 2 aromatic rings. The first kappa shape index (κ1) is 14.0. The van der Waals surface area contributed by atoms with Gasteiger partial charge in [0.2, 0.25) is 0 Å². The van der Waals surface area contributed by atoms with Gasteiger partial charge in [-0.1, -0.05) is 6.92 Å². The van der Waals surface area contributed by atoms with E-state index in [9.17, 15) is 10.2 Å². The fourth-order valence-electron chi connectivity index (χ4n) is 2.75. The van der Waals surface area contributed by atoms with E-state index in [1.165, 1.54) is 0 Å². The number of anilines is 1. The Balaban J connectivity index is 0.00000133. The highest BCUT2D eigenvalue weighted by molar-refractivity contribution is 5.85. The molecular weight excluding hydrogens is 268 g/mol. The lowest BCUT2D eigenvalue weighted by Gasteiger charge is -2.18. The number of hydrogen-bond donors (Lipinski definition) is 3. The maximum Gasteiger partial charge on any atom is 0.151 e. The molecule has 4 N–H and O–H groups in total. The van der Waals surface area contributed by atoms with Crippen LogP contribution in [0, 0.1) is 5.92 Å². The lowest BCUT2D eigenvalue weighted by molar-refractivity contribution is 0.00971. The number of pyridine rings is 1. The summed E-state index contributed by atoms with van der Waals surface area (Å²) >= 11 is 0. The monoisotopic (exact) mass is 284 g/mol. The van der Waals surface area contributed by atoms with Gasteiger partial charge in [-0.05, 0) is 18.4 Å². The molecule has 19 heavy (non-hydrogen) atoms. The Morgan fingerprint density at radius 3 is 2.68 bits per heavy atom. The Hall–Kier alpha value is -1.37. The second-order valence-corrected chi connectivity index (χ2v) is 4.98. The van der Waals surface area contributed by atoms with Crippen molar-refractivity contribution < 1.29 is 10.2 Å². The number of nitrogens with zero attached hydrogens (tertiary/aromatic N) is 3. The predicted molar refractivity (Wildman–Crippen MR) is 74.0 cm³/mol. The molecule has 3 rings (SSSR count). The minimum absolute atomic E-state index is 0. The van der Waals surface area contributed by atoms with Gasteiger partial charge in [-0.2, -0.15) is 0 Å². The first-order valence-electron chi connectivity index (χ1n) is 6.02. The smallest absolute Gasteiger partial charge is 0.151 e. The van der Waals surface area contributed by atoms with Gasteiger partial charge in [-0.25, -0.2) is 9.97 Å². The number of halogens is 1. The molecule has 1 aliphatic carbocycles. The van der Waals surface area contributed by atoms with Crippen molar-refractivity contribution in [3.63, 3.8) is 0 Å². The molecule has 1 saturated carbocycles. The second-order valence-electron chi connectivity index (χ2n) is 4.98.